The number of hydrogen-bond donors (Lipinski definition) is 20. The molecule has 0 spiro atoms. The summed E-state index contributed by atoms with van der Waals surface area (Å²) in [5.74, 6) is -13.6. The largest absolute Gasteiger partial charge is 0.508 e. The number of aromatic nitrogens is 1. The van der Waals surface area contributed by atoms with Crippen LogP contribution < -0.4 is 64.6 Å². The Kier molecular flexibility index (Phi) is 33.8. The van der Waals surface area contributed by atoms with Gasteiger partial charge < -0.3 is 110 Å². The van der Waals surface area contributed by atoms with Crippen molar-refractivity contribution in [1.82, 2.24) is 63.1 Å². The lowest BCUT2D eigenvalue weighted by Gasteiger charge is -2.30. The van der Waals surface area contributed by atoms with Crippen molar-refractivity contribution < 1.29 is 98.1 Å². The van der Waals surface area contributed by atoms with Crippen LogP contribution in [0.2, 0.25) is 0 Å². The second-order valence-electron chi connectivity index (χ2n) is 26.7. The van der Waals surface area contributed by atoms with E-state index >= 15 is 0 Å². The Bertz CT molecular complexity index is 3920. The highest BCUT2D eigenvalue weighted by atomic mass is 32.2. The molecule has 1 saturated heterocycles. The molecule has 4 aromatic carbocycles. The highest BCUT2D eigenvalue weighted by molar-refractivity contribution is 7.98. The number of carbonyl (C=O) groups is 13. The first-order valence-electron chi connectivity index (χ1n) is 35.3. The molecule has 6 rings (SSSR count). The van der Waals surface area contributed by atoms with E-state index in [2.05, 4.69) is 58.2 Å². The number of carbonyl (C=O) groups excluding carboxylic acids is 11. The zero-order valence-electron chi connectivity index (χ0n) is 60.3. The number of thioether (sulfide) groups is 1. The van der Waals surface area contributed by atoms with Gasteiger partial charge in [-0.25, -0.2) is 4.79 Å². The highest BCUT2D eigenvalue weighted by Crippen LogP contribution is 2.23. The molecule has 586 valence electrons. The number of aliphatic carboxylic acids is 2. The number of para-hydroxylation sites is 1. The number of aromatic amines is 1. The van der Waals surface area contributed by atoms with Crippen molar-refractivity contribution in [3.63, 3.8) is 0 Å². The number of aliphatic hydroxyl groups is 2. The number of aromatic hydroxyl groups is 3. The summed E-state index contributed by atoms with van der Waals surface area (Å²) in [5.41, 5.74) is 14.0. The van der Waals surface area contributed by atoms with Crippen LogP contribution in [0, 0.1) is 5.92 Å². The molecule has 0 saturated carbocycles. The fourth-order valence-corrected chi connectivity index (χ4v) is 12.4. The first-order valence-corrected chi connectivity index (χ1v) is 36.7. The average molecular weight is 1520 g/mol. The third-order valence-electron chi connectivity index (χ3n) is 17.8. The van der Waals surface area contributed by atoms with E-state index in [9.17, 15) is 98.1 Å². The summed E-state index contributed by atoms with van der Waals surface area (Å²) < 4.78 is 0. The molecule has 1 aliphatic rings. The van der Waals surface area contributed by atoms with Crippen LogP contribution in [0.1, 0.15) is 94.4 Å². The smallest absolute Gasteiger partial charge is 0.326 e. The SMILES string of the molecule is CSCC[C@H](NC(=O)[C@H](Cc1ccc(O)cc1)NC(=O)[C@H](CO)NC(=O)[C@H](C)NC(=O)[C@H](Cc1c[nH]c2ccccc12)NC(=O)[C@H](CC(C)C)NC(=O)[C@H](CCCCN)NC(=O)[C@H](Cc1ccc(O)cc1)NC(=O)[C@@H]1CCCN1C(=O)[C@H](CC(=O)O)NC(=O)[C@@H](N)CO)C(=O)N[C@@H](Cc1ccc(O)cc1)C(=O)O. The van der Waals surface area contributed by atoms with E-state index in [1.165, 1.54) is 91.5 Å². The molecule has 108 heavy (non-hydrogen) atoms. The monoisotopic (exact) mass is 1520 g/mol. The summed E-state index contributed by atoms with van der Waals surface area (Å²) in [6.45, 7) is 3.00. The molecule has 2 heterocycles. The van der Waals surface area contributed by atoms with E-state index < -0.39 is 169 Å². The van der Waals surface area contributed by atoms with Gasteiger partial charge in [-0.05, 0) is 141 Å². The second-order valence-corrected chi connectivity index (χ2v) is 27.7. The number of nitrogens with zero attached hydrogens (tertiary/aromatic N) is 1. The standard InChI is InChI=1S/C73H98N14O20S/c1-39(2)30-53(80-64(97)51(12-7-8-27-74)78-69(102)55(32-42-16-22-46(91)23-17-42)83-71(104)60-13-9-28-87(60)72(105)57(35-61(93)94)84-63(96)49(75)37-88)67(100)82-56(34-44-36-76-50-11-6-5-10-48(44)50)66(99)77-40(3)62(95)86-59(38-89)70(103)81-54(31-41-14-20-45(90)21-15-41)68(101)79-52(26-29-108-4)65(98)85-58(73(106)107)33-43-18-24-47(92)25-19-43/h5-6,10-11,14-25,36,39-40,49,51-60,76,88-92H,7-9,12-13,26-35,37-38,74-75H2,1-4H3,(H,77,99)(H,78,102)(H,79,101)(H,80,97)(H,81,103)(H,82,100)(H,83,104)(H,84,96)(H,85,98)(H,86,95)(H,93,94)(H,106,107)/t40-,49-,51-,52-,53-,54-,55-,56-,57-,58-,59-,60-/m0/s1. The van der Waals surface area contributed by atoms with Crippen molar-refractivity contribution in [2.45, 2.75) is 170 Å². The lowest BCUT2D eigenvalue weighted by Crippen LogP contribution is -2.61. The average Bonchev–Trinajstić information content (AvgIpc) is 1.64. The van der Waals surface area contributed by atoms with Crippen molar-refractivity contribution >= 4 is 99.6 Å². The zero-order valence-corrected chi connectivity index (χ0v) is 61.1. The van der Waals surface area contributed by atoms with E-state index in [1.807, 2.05) is 0 Å². The number of aliphatic hydroxyl groups excluding tert-OH is 2. The number of amides is 11. The number of hydrogen-bond acceptors (Lipinski definition) is 21. The van der Waals surface area contributed by atoms with Crippen LogP contribution >= 0.6 is 11.8 Å². The minimum atomic E-state index is -1.80. The normalized spacial score (nSPS) is 15.7. The predicted molar refractivity (Wildman–Crippen MR) is 395 cm³/mol. The fraction of sp³-hybridized carbons (Fsp3) is 0.466. The Morgan fingerprint density at radius 1 is 0.519 bits per heavy atom. The van der Waals surface area contributed by atoms with Crippen molar-refractivity contribution in [3.8, 4) is 17.2 Å². The summed E-state index contributed by atoms with van der Waals surface area (Å²) in [5, 5.41) is 96.0. The molecule has 0 bridgehead atoms. The number of nitrogens with two attached hydrogens (primary N) is 2. The van der Waals surface area contributed by atoms with Gasteiger partial charge in [0, 0.05) is 49.3 Å². The molecule has 22 N–H and O–H groups in total. The van der Waals surface area contributed by atoms with Crippen LogP contribution in [0.25, 0.3) is 10.9 Å². The van der Waals surface area contributed by atoms with Crippen molar-refractivity contribution in [3.05, 3.63) is 126 Å². The topological polar surface area (TPSA) is 555 Å². The minimum absolute atomic E-state index is 0.00469. The van der Waals surface area contributed by atoms with Crippen LogP contribution in [-0.2, 0) is 88.0 Å². The van der Waals surface area contributed by atoms with Gasteiger partial charge in [0.1, 0.15) is 89.8 Å². The molecule has 12 atom stereocenters. The Hall–Kier alpha value is -10.9. The molecule has 1 fully saturated rings. The molecule has 0 aliphatic carbocycles. The minimum Gasteiger partial charge on any atom is -0.508 e. The molecule has 34 nitrogen and oxygen atoms in total. The molecular weight excluding hydrogens is 1420 g/mol. The molecular formula is C73H98N14O20S. The molecule has 1 aromatic heterocycles. The number of H-pyrrole nitrogens is 1. The summed E-state index contributed by atoms with van der Waals surface area (Å²) in [6.07, 6.45) is 2.31. The number of benzene rings is 4. The van der Waals surface area contributed by atoms with Crippen molar-refractivity contribution in [2.24, 2.45) is 17.4 Å². The molecule has 11 amide bonds. The maximum Gasteiger partial charge on any atom is 0.326 e. The Labute approximate surface area is 626 Å². The van der Waals surface area contributed by atoms with Gasteiger partial charge in [-0.15, -0.1) is 0 Å². The molecule has 0 radical (unpaired) electrons. The molecule has 1 aliphatic heterocycles. The van der Waals surface area contributed by atoms with Crippen molar-refractivity contribution in [1.29, 1.82) is 0 Å². The highest BCUT2D eigenvalue weighted by Gasteiger charge is 2.42. The Balaban J connectivity index is 1.21. The Morgan fingerprint density at radius 3 is 1.49 bits per heavy atom. The van der Waals surface area contributed by atoms with Gasteiger partial charge in [0.25, 0.3) is 0 Å². The number of rotatable bonds is 43. The van der Waals surface area contributed by atoms with Gasteiger partial charge in [0.2, 0.25) is 65.0 Å². The zero-order chi connectivity index (χ0) is 79.3. The lowest BCUT2D eigenvalue weighted by atomic mass is 9.99. The number of carboxylic acids is 2. The maximum absolute atomic E-state index is 14.9. The Morgan fingerprint density at radius 2 is 0.972 bits per heavy atom. The van der Waals surface area contributed by atoms with Crippen LogP contribution in [0.5, 0.6) is 17.2 Å². The predicted octanol–water partition coefficient (Wildman–Crippen LogP) is -1.79. The molecule has 0 unspecified atom stereocenters. The van der Waals surface area contributed by atoms with E-state index in [1.54, 1.807) is 50.6 Å². The number of likely N-dealkylation sites (tertiary alicyclic amines) is 1. The number of nitrogens with one attached hydrogen (secondary N) is 11. The van der Waals surface area contributed by atoms with Gasteiger partial charge in [-0.1, -0.05) is 68.4 Å². The lowest BCUT2D eigenvalue weighted by molar-refractivity contribution is -0.146. The van der Waals surface area contributed by atoms with Gasteiger partial charge in [-0.3, -0.25) is 57.5 Å². The summed E-state index contributed by atoms with van der Waals surface area (Å²) in [7, 11) is 0. The van der Waals surface area contributed by atoms with Gasteiger partial charge in [0.15, 0.2) is 0 Å². The first-order chi connectivity index (χ1) is 51.4. The van der Waals surface area contributed by atoms with E-state index in [0.717, 1.165) is 4.90 Å². The van der Waals surface area contributed by atoms with E-state index in [4.69, 9.17) is 11.5 Å². The third kappa shape index (κ3) is 26.6. The molecule has 35 heteroatoms. The quantitative estimate of drug-likeness (QED) is 0.0192. The van der Waals surface area contributed by atoms with Gasteiger partial charge in [0.05, 0.1) is 19.6 Å². The number of phenols is 3. The van der Waals surface area contributed by atoms with Crippen LogP contribution in [-0.4, -0.2) is 233 Å². The first kappa shape index (κ1) is 86.0. The number of carboxylic acid groups (broad SMARTS) is 2. The summed E-state index contributed by atoms with van der Waals surface area (Å²) >= 11 is 1.32. The fourth-order valence-electron chi connectivity index (χ4n) is 11.9. The van der Waals surface area contributed by atoms with E-state index in [-0.39, 0.29) is 100 Å². The number of phenolic OH excluding ortho intramolecular Hbond substituents is 3. The van der Waals surface area contributed by atoms with Crippen LogP contribution in [0.4, 0.5) is 0 Å². The van der Waals surface area contributed by atoms with Crippen LogP contribution in [0.15, 0.2) is 103 Å². The van der Waals surface area contributed by atoms with Gasteiger partial charge in [-0.2, -0.15) is 11.8 Å². The van der Waals surface area contributed by atoms with Gasteiger partial charge >= 0.3 is 11.9 Å². The maximum atomic E-state index is 14.9. The summed E-state index contributed by atoms with van der Waals surface area (Å²) in [4.78, 5) is 185. The number of unbranched alkanes of at least 4 members (excludes halogenated alkanes) is 1. The van der Waals surface area contributed by atoms with E-state index in [0.29, 0.717) is 45.3 Å². The van der Waals surface area contributed by atoms with Crippen molar-refractivity contribution in [2.75, 3.05) is 38.3 Å². The van der Waals surface area contributed by atoms with Crippen LogP contribution in [0.3, 0.4) is 0 Å². The summed E-state index contributed by atoms with van der Waals surface area (Å²) in [6, 6.07) is 5.81. The number of fused-ring (bicyclic) bond motifs is 1. The molecule has 5 aromatic rings. The third-order valence-corrected chi connectivity index (χ3v) is 18.5. The second kappa shape index (κ2) is 42.5.